The minimum absolute atomic E-state index is 0.365. The number of benzene rings is 2. The van der Waals surface area contributed by atoms with Crippen LogP contribution in [0.1, 0.15) is 0 Å². The fourth-order valence-corrected chi connectivity index (χ4v) is 3.06. The molecular weight excluding hydrogens is 390 g/mol. The molecule has 24 heavy (non-hydrogen) atoms. The summed E-state index contributed by atoms with van der Waals surface area (Å²) >= 11 is 4.78. The van der Waals surface area contributed by atoms with Gasteiger partial charge in [0, 0.05) is 15.4 Å². The predicted molar refractivity (Wildman–Crippen MR) is 101 cm³/mol. The topological polar surface area (TPSA) is 63.2 Å². The molecule has 0 atom stereocenters. The Kier molecular flexibility index (Phi) is 5.12. The van der Waals surface area contributed by atoms with Gasteiger partial charge in [-0.05, 0) is 24.3 Å². The van der Waals surface area contributed by atoms with E-state index in [0.717, 1.165) is 15.7 Å². The van der Waals surface area contributed by atoms with Crippen LogP contribution in [0.25, 0.3) is 11.3 Å². The Bertz CT molecular complexity index is 849. The number of thiazole rings is 1. The zero-order valence-corrected chi connectivity index (χ0v) is 15.1. The van der Waals surface area contributed by atoms with Gasteiger partial charge in [0.15, 0.2) is 5.13 Å². The van der Waals surface area contributed by atoms with Crippen LogP contribution in [-0.2, 0) is 0 Å². The molecule has 122 valence electrons. The SMILES string of the molecule is COc1ccccc1NC(=O)Nc1nc(-c2ccc(Br)cc2)cs1. The lowest BCUT2D eigenvalue weighted by molar-refractivity contribution is 0.262. The van der Waals surface area contributed by atoms with Crippen molar-refractivity contribution in [3.63, 3.8) is 0 Å². The van der Waals surface area contributed by atoms with Gasteiger partial charge in [0.05, 0.1) is 18.5 Å². The number of nitrogens with one attached hydrogen (secondary N) is 2. The summed E-state index contributed by atoms with van der Waals surface area (Å²) in [7, 11) is 1.56. The highest BCUT2D eigenvalue weighted by molar-refractivity contribution is 9.10. The maximum Gasteiger partial charge on any atom is 0.325 e. The Morgan fingerprint density at radius 3 is 2.62 bits per heavy atom. The van der Waals surface area contributed by atoms with Crippen LogP contribution >= 0.6 is 27.3 Å². The summed E-state index contributed by atoms with van der Waals surface area (Å²) < 4.78 is 6.22. The molecular formula is C17H14BrN3O2S. The number of carbonyl (C=O) groups is 1. The van der Waals surface area contributed by atoms with E-state index in [2.05, 4.69) is 31.5 Å². The summed E-state index contributed by atoms with van der Waals surface area (Å²) in [6, 6.07) is 14.7. The van der Waals surface area contributed by atoms with E-state index in [9.17, 15) is 4.79 Å². The van der Waals surface area contributed by atoms with Crippen LogP contribution in [0.15, 0.2) is 58.4 Å². The number of nitrogens with zero attached hydrogens (tertiary/aromatic N) is 1. The fraction of sp³-hybridized carbons (Fsp3) is 0.0588. The summed E-state index contributed by atoms with van der Waals surface area (Å²) in [5.41, 5.74) is 2.41. The fourth-order valence-electron chi connectivity index (χ4n) is 2.08. The van der Waals surface area contributed by atoms with E-state index in [0.29, 0.717) is 16.6 Å². The molecule has 3 rings (SSSR count). The van der Waals surface area contributed by atoms with Crippen LogP contribution in [-0.4, -0.2) is 18.1 Å². The average Bonchev–Trinajstić information content (AvgIpc) is 3.04. The molecule has 2 N–H and O–H groups in total. The zero-order valence-electron chi connectivity index (χ0n) is 12.7. The molecule has 5 nitrogen and oxygen atoms in total. The zero-order chi connectivity index (χ0) is 16.9. The molecule has 0 spiro atoms. The van der Waals surface area contributed by atoms with Gasteiger partial charge in [-0.1, -0.05) is 40.2 Å². The first-order valence-electron chi connectivity index (χ1n) is 7.08. The molecule has 2 aromatic carbocycles. The third-order valence-electron chi connectivity index (χ3n) is 3.22. The van der Waals surface area contributed by atoms with Gasteiger partial charge in [-0.25, -0.2) is 9.78 Å². The molecule has 0 aliphatic rings. The molecule has 3 aromatic rings. The van der Waals surface area contributed by atoms with Crippen LogP contribution in [0.3, 0.4) is 0 Å². The number of rotatable bonds is 4. The number of hydrogen-bond donors (Lipinski definition) is 2. The Labute approximate surface area is 151 Å². The number of ether oxygens (including phenoxy) is 1. The van der Waals surface area contributed by atoms with Crippen LogP contribution in [0, 0.1) is 0 Å². The molecule has 0 fully saturated rings. The van der Waals surface area contributed by atoms with Gasteiger partial charge in [0.2, 0.25) is 0 Å². The van der Waals surface area contributed by atoms with Crippen molar-refractivity contribution in [2.24, 2.45) is 0 Å². The molecule has 0 aliphatic heterocycles. The summed E-state index contributed by atoms with van der Waals surface area (Å²) in [5.74, 6) is 0.599. The van der Waals surface area contributed by atoms with Crippen molar-refractivity contribution in [3.8, 4) is 17.0 Å². The quantitative estimate of drug-likeness (QED) is 0.626. The lowest BCUT2D eigenvalue weighted by atomic mass is 10.2. The smallest absolute Gasteiger partial charge is 0.325 e. The van der Waals surface area contributed by atoms with Crippen LogP contribution in [0.4, 0.5) is 15.6 Å². The number of urea groups is 1. The van der Waals surface area contributed by atoms with Gasteiger partial charge in [-0.3, -0.25) is 5.32 Å². The van der Waals surface area contributed by atoms with Gasteiger partial charge >= 0.3 is 6.03 Å². The molecule has 0 bridgehead atoms. The molecule has 0 saturated carbocycles. The number of para-hydroxylation sites is 2. The van der Waals surface area contributed by atoms with Crippen molar-refractivity contribution in [3.05, 3.63) is 58.4 Å². The largest absolute Gasteiger partial charge is 0.495 e. The normalized spacial score (nSPS) is 10.2. The summed E-state index contributed by atoms with van der Waals surface area (Å²) in [6.07, 6.45) is 0. The predicted octanol–water partition coefficient (Wildman–Crippen LogP) is 5.23. The van der Waals surface area contributed by atoms with Gasteiger partial charge < -0.3 is 10.1 Å². The lowest BCUT2D eigenvalue weighted by Crippen LogP contribution is -2.19. The highest BCUT2D eigenvalue weighted by Gasteiger charge is 2.10. The Hall–Kier alpha value is -2.38. The van der Waals surface area contributed by atoms with E-state index in [-0.39, 0.29) is 6.03 Å². The van der Waals surface area contributed by atoms with E-state index in [1.807, 2.05) is 41.8 Å². The third kappa shape index (κ3) is 3.93. The first-order valence-corrected chi connectivity index (χ1v) is 8.75. The molecule has 1 aromatic heterocycles. The number of halogens is 1. The highest BCUT2D eigenvalue weighted by Crippen LogP contribution is 2.27. The molecule has 0 radical (unpaired) electrons. The van der Waals surface area contributed by atoms with Crippen molar-refractivity contribution in [1.29, 1.82) is 0 Å². The number of carbonyl (C=O) groups excluding carboxylic acids is 1. The minimum Gasteiger partial charge on any atom is -0.495 e. The van der Waals surface area contributed by atoms with E-state index in [1.54, 1.807) is 19.2 Å². The molecule has 2 amide bonds. The monoisotopic (exact) mass is 403 g/mol. The second kappa shape index (κ2) is 7.46. The second-order valence-corrected chi connectivity index (χ2v) is 6.60. The second-order valence-electron chi connectivity index (χ2n) is 4.82. The van der Waals surface area contributed by atoms with Gasteiger partial charge in [0.25, 0.3) is 0 Å². The maximum absolute atomic E-state index is 12.1. The molecule has 1 heterocycles. The Morgan fingerprint density at radius 1 is 1.12 bits per heavy atom. The van der Waals surface area contributed by atoms with Crippen molar-refractivity contribution in [2.75, 3.05) is 17.7 Å². The summed E-state index contributed by atoms with van der Waals surface area (Å²) in [4.78, 5) is 16.6. The first kappa shape index (κ1) is 16.5. The standard InChI is InChI=1S/C17H14BrN3O2S/c1-23-15-5-3-2-4-13(15)19-16(22)21-17-20-14(10-24-17)11-6-8-12(18)9-7-11/h2-10H,1H3,(H2,19,20,21,22). The van der Waals surface area contributed by atoms with Gasteiger partial charge in [0.1, 0.15) is 5.75 Å². The van der Waals surface area contributed by atoms with Crippen LogP contribution in [0.2, 0.25) is 0 Å². The number of amides is 2. The minimum atomic E-state index is -0.365. The number of anilines is 2. The number of methoxy groups -OCH3 is 1. The van der Waals surface area contributed by atoms with Crippen LogP contribution < -0.4 is 15.4 Å². The average molecular weight is 404 g/mol. The number of hydrogen-bond acceptors (Lipinski definition) is 4. The van der Waals surface area contributed by atoms with E-state index in [1.165, 1.54) is 11.3 Å². The van der Waals surface area contributed by atoms with E-state index < -0.39 is 0 Å². The molecule has 7 heteroatoms. The van der Waals surface area contributed by atoms with Crippen molar-refractivity contribution in [1.82, 2.24) is 4.98 Å². The molecule has 0 aliphatic carbocycles. The van der Waals surface area contributed by atoms with Gasteiger partial charge in [-0.2, -0.15) is 0 Å². The maximum atomic E-state index is 12.1. The summed E-state index contributed by atoms with van der Waals surface area (Å²) in [6.45, 7) is 0. The highest BCUT2D eigenvalue weighted by atomic mass is 79.9. The summed E-state index contributed by atoms with van der Waals surface area (Å²) in [5, 5.41) is 7.92. The van der Waals surface area contributed by atoms with Gasteiger partial charge in [-0.15, -0.1) is 11.3 Å². The molecule has 0 saturated heterocycles. The first-order chi connectivity index (χ1) is 11.7. The van der Waals surface area contributed by atoms with Crippen molar-refractivity contribution < 1.29 is 9.53 Å². The van der Waals surface area contributed by atoms with Crippen LogP contribution in [0.5, 0.6) is 5.75 Å². The van der Waals surface area contributed by atoms with Crippen molar-refractivity contribution >= 4 is 44.1 Å². The number of aromatic nitrogens is 1. The Balaban J connectivity index is 1.68. The lowest BCUT2D eigenvalue weighted by Gasteiger charge is -2.09. The Morgan fingerprint density at radius 2 is 1.88 bits per heavy atom. The molecule has 0 unspecified atom stereocenters. The van der Waals surface area contributed by atoms with Crippen molar-refractivity contribution in [2.45, 2.75) is 0 Å². The third-order valence-corrected chi connectivity index (χ3v) is 4.51. The van der Waals surface area contributed by atoms with E-state index >= 15 is 0 Å². The van der Waals surface area contributed by atoms with E-state index in [4.69, 9.17) is 4.74 Å².